The van der Waals surface area contributed by atoms with E-state index >= 15 is 0 Å². The van der Waals surface area contributed by atoms with Crippen LogP contribution in [0.3, 0.4) is 0 Å². The molecule has 3 heteroatoms. The quantitative estimate of drug-likeness (QED) is 0.168. The third kappa shape index (κ3) is 5.79. The van der Waals surface area contributed by atoms with Gasteiger partial charge in [-0.3, -0.25) is 0 Å². The van der Waals surface area contributed by atoms with Gasteiger partial charge in [-0.05, 0) is 94.7 Å². The van der Waals surface area contributed by atoms with Crippen LogP contribution in [0, 0.1) is 0 Å². The summed E-state index contributed by atoms with van der Waals surface area (Å²) in [4.78, 5) is 15.2. The van der Waals surface area contributed by atoms with E-state index in [2.05, 4.69) is 212 Å². The van der Waals surface area contributed by atoms with E-state index < -0.39 is 5.41 Å². The van der Waals surface area contributed by atoms with Crippen LogP contribution in [0.15, 0.2) is 237 Å². The van der Waals surface area contributed by atoms with Crippen molar-refractivity contribution < 1.29 is 0 Å². The Morgan fingerprint density at radius 2 is 0.631 bits per heavy atom. The smallest absolute Gasteiger partial charge is 0.164 e. The van der Waals surface area contributed by atoms with Crippen molar-refractivity contribution in [3.63, 3.8) is 0 Å². The first-order chi connectivity index (χ1) is 32.2. The van der Waals surface area contributed by atoms with Crippen molar-refractivity contribution in [2.24, 2.45) is 0 Å². The van der Waals surface area contributed by atoms with Crippen LogP contribution in [0.5, 0.6) is 0 Å². The molecule has 11 aromatic rings. The summed E-state index contributed by atoms with van der Waals surface area (Å²) in [5, 5.41) is 2.41. The van der Waals surface area contributed by atoms with Gasteiger partial charge in [-0.1, -0.05) is 231 Å². The van der Waals surface area contributed by atoms with Gasteiger partial charge in [0.25, 0.3) is 0 Å². The van der Waals surface area contributed by atoms with Crippen molar-refractivity contribution in [2.75, 3.05) is 0 Å². The summed E-state index contributed by atoms with van der Waals surface area (Å²) in [5.74, 6) is 1.91. The van der Waals surface area contributed by atoms with Gasteiger partial charge in [0, 0.05) is 16.7 Å². The monoisotopic (exact) mass is 825 g/mol. The van der Waals surface area contributed by atoms with Crippen LogP contribution in [-0.2, 0) is 5.41 Å². The molecule has 2 aliphatic rings. The Kier molecular flexibility index (Phi) is 8.44. The maximum Gasteiger partial charge on any atom is 0.164 e. The van der Waals surface area contributed by atoms with Gasteiger partial charge in [0.1, 0.15) is 0 Å². The SMILES string of the molecule is c1ccc(-c2ccc(-c3nc(-c4ccccc4)nc(-c4ccc(-c5c(-c6ccc7c(c6)C6(c8ccccc8-c8ccccc86)c6ccccc6-7)ccc6ccccc56)cc4)n3)cc2)cc1. The first-order valence-corrected chi connectivity index (χ1v) is 22.3. The van der Waals surface area contributed by atoms with Crippen molar-refractivity contribution >= 4 is 10.8 Å². The van der Waals surface area contributed by atoms with Gasteiger partial charge in [-0.15, -0.1) is 0 Å². The van der Waals surface area contributed by atoms with E-state index in [9.17, 15) is 0 Å². The molecular weight excluding hydrogens is 787 g/mol. The minimum absolute atomic E-state index is 0.417. The Hall–Kier alpha value is -8.53. The number of aromatic nitrogens is 3. The zero-order valence-electron chi connectivity index (χ0n) is 35.4. The molecule has 0 saturated heterocycles. The highest BCUT2D eigenvalue weighted by atomic mass is 15.0. The summed E-state index contributed by atoms with van der Waals surface area (Å²) in [6.07, 6.45) is 0. The van der Waals surface area contributed by atoms with Gasteiger partial charge >= 0.3 is 0 Å². The summed E-state index contributed by atoms with van der Waals surface area (Å²) >= 11 is 0. The van der Waals surface area contributed by atoms with E-state index in [1.165, 1.54) is 77.5 Å². The minimum Gasteiger partial charge on any atom is -0.208 e. The fourth-order valence-electron chi connectivity index (χ4n) is 10.7. The molecule has 0 aliphatic heterocycles. The Bertz CT molecular complexity index is 3570. The lowest BCUT2D eigenvalue weighted by Gasteiger charge is -2.30. The third-order valence-electron chi connectivity index (χ3n) is 13.6. The highest BCUT2D eigenvalue weighted by Gasteiger charge is 2.51. The second-order valence-corrected chi connectivity index (χ2v) is 17.0. The van der Waals surface area contributed by atoms with Crippen LogP contribution in [-0.4, -0.2) is 15.0 Å². The maximum atomic E-state index is 5.11. The molecule has 3 nitrogen and oxygen atoms in total. The molecule has 1 aromatic heterocycles. The van der Waals surface area contributed by atoms with E-state index in [1.807, 2.05) is 24.3 Å². The van der Waals surface area contributed by atoms with Gasteiger partial charge in [0.05, 0.1) is 5.41 Å². The normalized spacial score (nSPS) is 12.7. The zero-order valence-corrected chi connectivity index (χ0v) is 35.4. The molecule has 0 amide bonds. The average Bonchev–Trinajstić information content (AvgIpc) is 3.86. The van der Waals surface area contributed by atoms with Gasteiger partial charge in [-0.25, -0.2) is 15.0 Å². The van der Waals surface area contributed by atoms with Crippen LogP contribution in [0.1, 0.15) is 22.3 Å². The van der Waals surface area contributed by atoms with Gasteiger partial charge in [0.15, 0.2) is 17.5 Å². The molecule has 0 atom stereocenters. The molecule has 1 spiro atoms. The Morgan fingerprint density at radius 1 is 0.246 bits per heavy atom. The topological polar surface area (TPSA) is 38.7 Å². The first-order valence-electron chi connectivity index (χ1n) is 22.3. The predicted molar refractivity (Wildman–Crippen MR) is 266 cm³/mol. The summed E-state index contributed by atoms with van der Waals surface area (Å²) in [6.45, 7) is 0. The number of fused-ring (bicyclic) bond motifs is 11. The van der Waals surface area contributed by atoms with Crippen molar-refractivity contribution in [1.29, 1.82) is 0 Å². The molecule has 1 heterocycles. The highest BCUT2D eigenvalue weighted by molar-refractivity contribution is 6.05. The molecule has 65 heavy (non-hydrogen) atoms. The molecule has 13 rings (SSSR count). The minimum atomic E-state index is -0.417. The Labute approximate surface area is 378 Å². The van der Waals surface area contributed by atoms with Gasteiger partial charge in [-0.2, -0.15) is 0 Å². The molecule has 302 valence electrons. The van der Waals surface area contributed by atoms with E-state index in [0.29, 0.717) is 17.5 Å². The number of hydrogen-bond donors (Lipinski definition) is 0. The fraction of sp³-hybridized carbons (Fsp3) is 0.0161. The molecule has 0 radical (unpaired) electrons. The van der Waals surface area contributed by atoms with Crippen LogP contribution >= 0.6 is 0 Å². The Morgan fingerprint density at radius 3 is 1.20 bits per heavy atom. The lowest BCUT2D eigenvalue weighted by molar-refractivity contribution is 0.794. The summed E-state index contributed by atoms with van der Waals surface area (Å²) in [5.41, 5.74) is 20.0. The lowest BCUT2D eigenvalue weighted by atomic mass is 9.70. The molecule has 0 bridgehead atoms. The van der Waals surface area contributed by atoms with Crippen LogP contribution in [0.25, 0.3) is 101 Å². The highest BCUT2D eigenvalue weighted by Crippen LogP contribution is 2.63. The number of rotatable bonds is 6. The van der Waals surface area contributed by atoms with Crippen molar-refractivity contribution in [1.82, 2.24) is 15.0 Å². The summed E-state index contributed by atoms with van der Waals surface area (Å²) < 4.78 is 0. The van der Waals surface area contributed by atoms with E-state index in [1.54, 1.807) is 0 Å². The predicted octanol–water partition coefficient (Wildman–Crippen LogP) is 15.4. The number of hydrogen-bond acceptors (Lipinski definition) is 3. The fourth-order valence-corrected chi connectivity index (χ4v) is 10.7. The lowest BCUT2D eigenvalue weighted by Crippen LogP contribution is -2.25. The number of nitrogens with zero attached hydrogens (tertiary/aromatic N) is 3. The Balaban J connectivity index is 0.948. The molecule has 0 N–H and O–H groups in total. The number of benzene rings is 10. The molecule has 0 fully saturated rings. The maximum absolute atomic E-state index is 5.11. The summed E-state index contributed by atoms with van der Waals surface area (Å²) in [6, 6.07) is 85.4. The zero-order chi connectivity index (χ0) is 42.9. The largest absolute Gasteiger partial charge is 0.208 e. The molecule has 2 aliphatic carbocycles. The second-order valence-electron chi connectivity index (χ2n) is 17.0. The molecule has 10 aromatic carbocycles. The second kappa shape index (κ2) is 14.8. The van der Waals surface area contributed by atoms with Crippen molar-refractivity contribution in [3.8, 4) is 89.8 Å². The van der Waals surface area contributed by atoms with Crippen molar-refractivity contribution in [2.45, 2.75) is 5.41 Å². The third-order valence-corrected chi connectivity index (χ3v) is 13.6. The van der Waals surface area contributed by atoms with Gasteiger partial charge in [0.2, 0.25) is 0 Å². The van der Waals surface area contributed by atoms with E-state index in [0.717, 1.165) is 27.8 Å². The molecule has 0 saturated carbocycles. The standard InChI is InChI=1S/C62H39N3/c1-3-15-40(16-4-1)41-27-31-45(32-28-41)60-63-59(44-18-5-2-6-19-44)64-61(65-60)46-33-29-43(30-34-46)58-48-20-8-7-17-42(48)35-37-49(58)47-36-38-53-52-23-11-14-26-56(52)62(57(53)39-47)54-24-12-9-21-50(54)51-22-10-13-25-55(51)62/h1-39H. The van der Waals surface area contributed by atoms with Crippen LogP contribution in [0.2, 0.25) is 0 Å². The van der Waals surface area contributed by atoms with Crippen molar-refractivity contribution in [3.05, 3.63) is 259 Å². The first kappa shape index (κ1) is 37.1. The van der Waals surface area contributed by atoms with Crippen LogP contribution in [0.4, 0.5) is 0 Å². The molecular formula is C62H39N3. The van der Waals surface area contributed by atoms with Gasteiger partial charge < -0.3 is 0 Å². The van der Waals surface area contributed by atoms with E-state index in [4.69, 9.17) is 15.0 Å². The average molecular weight is 826 g/mol. The van der Waals surface area contributed by atoms with E-state index in [-0.39, 0.29) is 0 Å². The summed E-state index contributed by atoms with van der Waals surface area (Å²) in [7, 11) is 0. The molecule has 0 unspecified atom stereocenters. The van der Waals surface area contributed by atoms with Crippen LogP contribution < -0.4 is 0 Å².